The maximum Gasteiger partial charge on any atom is 0.338 e. The summed E-state index contributed by atoms with van der Waals surface area (Å²) in [7, 11) is 0. The first kappa shape index (κ1) is 14.3. The molecule has 7 heteroatoms. The number of aromatic carboxylic acids is 1. The van der Waals surface area contributed by atoms with Gasteiger partial charge in [0.15, 0.2) is 0 Å². The number of benzene rings is 1. The predicted octanol–water partition coefficient (Wildman–Crippen LogP) is 1.78. The highest BCUT2D eigenvalue weighted by Crippen LogP contribution is 2.16. The lowest BCUT2D eigenvalue weighted by molar-refractivity contribution is 0.0222. The second kappa shape index (κ2) is 5.87. The second-order valence-electron chi connectivity index (χ2n) is 4.55. The summed E-state index contributed by atoms with van der Waals surface area (Å²) in [6, 6.07) is 3.05. The van der Waals surface area contributed by atoms with Crippen molar-refractivity contribution in [1.82, 2.24) is 4.90 Å². The van der Waals surface area contributed by atoms with Crippen LogP contribution in [0.3, 0.4) is 0 Å². The van der Waals surface area contributed by atoms with Crippen LogP contribution in [-0.2, 0) is 4.74 Å². The maximum atomic E-state index is 13.5. The zero-order valence-electron chi connectivity index (χ0n) is 10.9. The second-order valence-corrected chi connectivity index (χ2v) is 4.55. The van der Waals surface area contributed by atoms with Crippen molar-refractivity contribution >= 4 is 17.7 Å². The first-order valence-corrected chi connectivity index (χ1v) is 6.17. The Bertz CT molecular complexity index is 535. The van der Waals surface area contributed by atoms with Crippen LogP contribution in [0.2, 0.25) is 0 Å². The number of rotatable bonds is 2. The zero-order valence-corrected chi connectivity index (χ0v) is 10.9. The van der Waals surface area contributed by atoms with E-state index in [9.17, 15) is 14.0 Å². The number of amides is 2. The summed E-state index contributed by atoms with van der Waals surface area (Å²) in [4.78, 5) is 24.3. The number of nitrogens with one attached hydrogen (secondary N) is 1. The third-order valence-electron chi connectivity index (χ3n) is 3.08. The fraction of sp³-hybridized carbons (Fsp3) is 0.385. The molecule has 6 nitrogen and oxygen atoms in total. The summed E-state index contributed by atoms with van der Waals surface area (Å²) >= 11 is 0. The topological polar surface area (TPSA) is 78.9 Å². The van der Waals surface area contributed by atoms with E-state index >= 15 is 0 Å². The number of carbonyl (C=O) groups is 2. The molecular formula is C13H15FN2O4. The highest BCUT2D eigenvalue weighted by atomic mass is 19.1. The zero-order chi connectivity index (χ0) is 14.7. The van der Waals surface area contributed by atoms with Gasteiger partial charge in [-0.25, -0.2) is 14.0 Å². The summed E-state index contributed by atoms with van der Waals surface area (Å²) in [5.74, 6) is -2.23. The van der Waals surface area contributed by atoms with Crippen LogP contribution in [0.5, 0.6) is 0 Å². The number of carboxylic acid groups (broad SMARTS) is 1. The lowest BCUT2D eigenvalue weighted by Gasteiger charge is -2.33. The molecule has 20 heavy (non-hydrogen) atoms. The van der Waals surface area contributed by atoms with Gasteiger partial charge in [-0.1, -0.05) is 0 Å². The van der Waals surface area contributed by atoms with Gasteiger partial charge < -0.3 is 20.1 Å². The molecule has 108 valence electrons. The molecule has 1 aromatic rings. The van der Waals surface area contributed by atoms with Gasteiger partial charge in [0.2, 0.25) is 0 Å². The Labute approximate surface area is 115 Å². The smallest absolute Gasteiger partial charge is 0.338 e. The largest absolute Gasteiger partial charge is 0.478 e. The number of halogens is 1. The van der Waals surface area contributed by atoms with Crippen LogP contribution in [0, 0.1) is 5.82 Å². The Balaban J connectivity index is 2.08. The summed E-state index contributed by atoms with van der Waals surface area (Å²) in [6.45, 7) is 3.24. The third kappa shape index (κ3) is 3.05. The number of morpholine rings is 1. The van der Waals surface area contributed by atoms with Crippen molar-refractivity contribution in [3.63, 3.8) is 0 Å². The highest BCUT2D eigenvalue weighted by molar-refractivity contribution is 5.92. The normalized spacial score (nSPS) is 18.7. The predicted molar refractivity (Wildman–Crippen MR) is 69.4 cm³/mol. The van der Waals surface area contributed by atoms with E-state index < -0.39 is 17.3 Å². The molecule has 1 fully saturated rings. The maximum absolute atomic E-state index is 13.5. The van der Waals surface area contributed by atoms with Crippen LogP contribution < -0.4 is 5.32 Å². The number of hydrogen-bond acceptors (Lipinski definition) is 3. The van der Waals surface area contributed by atoms with Crippen LogP contribution in [-0.4, -0.2) is 47.8 Å². The van der Waals surface area contributed by atoms with E-state index in [-0.39, 0.29) is 17.8 Å². The van der Waals surface area contributed by atoms with E-state index in [1.165, 1.54) is 6.07 Å². The van der Waals surface area contributed by atoms with Gasteiger partial charge in [0, 0.05) is 12.2 Å². The molecule has 1 aliphatic heterocycles. The molecule has 2 amide bonds. The molecule has 0 aliphatic carbocycles. The summed E-state index contributed by atoms with van der Waals surface area (Å²) < 4.78 is 18.7. The van der Waals surface area contributed by atoms with Crippen LogP contribution in [0.25, 0.3) is 0 Å². The SMILES string of the molecule is CC1COCCN1C(=O)Nc1ccc(C(=O)O)c(F)c1. The van der Waals surface area contributed by atoms with Crippen molar-refractivity contribution in [3.8, 4) is 0 Å². The Hall–Kier alpha value is -2.15. The minimum absolute atomic E-state index is 0.0631. The standard InChI is InChI=1S/C13H15FN2O4/c1-8-7-20-5-4-16(8)13(19)15-9-2-3-10(12(17)18)11(14)6-9/h2-3,6,8H,4-5,7H2,1H3,(H,15,19)(H,17,18). The molecule has 1 aromatic carbocycles. The van der Waals surface area contributed by atoms with E-state index in [1.54, 1.807) is 4.90 Å². The quantitative estimate of drug-likeness (QED) is 0.866. The fourth-order valence-corrected chi connectivity index (χ4v) is 1.99. The molecular weight excluding hydrogens is 267 g/mol. The van der Waals surface area contributed by atoms with Gasteiger partial charge in [-0.3, -0.25) is 0 Å². The Kier molecular flexibility index (Phi) is 4.19. The highest BCUT2D eigenvalue weighted by Gasteiger charge is 2.24. The molecule has 1 atom stereocenters. The summed E-state index contributed by atoms with van der Waals surface area (Å²) in [5.41, 5.74) is -0.209. The molecule has 2 N–H and O–H groups in total. The average molecular weight is 282 g/mol. The van der Waals surface area contributed by atoms with Gasteiger partial charge >= 0.3 is 12.0 Å². The van der Waals surface area contributed by atoms with Gasteiger partial charge in [0.25, 0.3) is 0 Å². The average Bonchev–Trinajstić information content (AvgIpc) is 2.38. The number of hydrogen-bond donors (Lipinski definition) is 2. The number of carbonyl (C=O) groups excluding carboxylic acids is 1. The fourth-order valence-electron chi connectivity index (χ4n) is 1.99. The van der Waals surface area contributed by atoms with E-state index in [1.807, 2.05) is 6.92 Å². The number of anilines is 1. The molecule has 0 spiro atoms. The van der Waals surface area contributed by atoms with Crippen molar-refractivity contribution in [3.05, 3.63) is 29.6 Å². The van der Waals surface area contributed by atoms with Crippen LogP contribution >= 0.6 is 0 Å². The monoisotopic (exact) mass is 282 g/mol. The number of nitrogens with zero attached hydrogens (tertiary/aromatic N) is 1. The van der Waals surface area contributed by atoms with Gasteiger partial charge in [-0.05, 0) is 25.1 Å². The lowest BCUT2D eigenvalue weighted by atomic mass is 10.2. The number of urea groups is 1. The molecule has 2 rings (SSSR count). The van der Waals surface area contributed by atoms with E-state index in [4.69, 9.17) is 9.84 Å². The molecule has 1 heterocycles. The molecule has 1 aliphatic rings. The Morgan fingerprint density at radius 1 is 1.50 bits per heavy atom. The molecule has 0 radical (unpaired) electrons. The van der Waals surface area contributed by atoms with Gasteiger partial charge in [0.1, 0.15) is 5.82 Å². The van der Waals surface area contributed by atoms with Crippen LogP contribution in [0.1, 0.15) is 17.3 Å². The minimum atomic E-state index is -1.35. The molecule has 0 saturated carbocycles. The summed E-state index contributed by atoms with van der Waals surface area (Å²) in [6.07, 6.45) is 0. The summed E-state index contributed by atoms with van der Waals surface area (Å²) in [5, 5.41) is 11.3. The molecule has 1 unspecified atom stereocenters. The van der Waals surface area contributed by atoms with Gasteiger partial charge in [-0.2, -0.15) is 0 Å². The van der Waals surface area contributed by atoms with Crippen molar-refractivity contribution in [1.29, 1.82) is 0 Å². The minimum Gasteiger partial charge on any atom is -0.478 e. The van der Waals surface area contributed by atoms with Crippen LogP contribution in [0.4, 0.5) is 14.9 Å². The third-order valence-corrected chi connectivity index (χ3v) is 3.08. The number of ether oxygens (including phenoxy) is 1. The van der Waals surface area contributed by atoms with Gasteiger partial charge in [0.05, 0.1) is 24.8 Å². The van der Waals surface area contributed by atoms with Crippen molar-refractivity contribution < 1.29 is 23.8 Å². The van der Waals surface area contributed by atoms with E-state index in [2.05, 4.69) is 5.32 Å². The first-order chi connectivity index (χ1) is 9.49. The van der Waals surface area contributed by atoms with Gasteiger partial charge in [-0.15, -0.1) is 0 Å². The van der Waals surface area contributed by atoms with Crippen molar-refractivity contribution in [2.75, 3.05) is 25.1 Å². The van der Waals surface area contributed by atoms with Crippen molar-refractivity contribution in [2.24, 2.45) is 0 Å². The number of carboxylic acids is 1. The molecule has 1 saturated heterocycles. The molecule has 0 aromatic heterocycles. The Morgan fingerprint density at radius 2 is 2.25 bits per heavy atom. The lowest BCUT2D eigenvalue weighted by Crippen LogP contribution is -2.48. The van der Waals surface area contributed by atoms with E-state index in [0.717, 1.165) is 12.1 Å². The van der Waals surface area contributed by atoms with Crippen LogP contribution in [0.15, 0.2) is 18.2 Å². The Morgan fingerprint density at radius 3 is 2.85 bits per heavy atom. The van der Waals surface area contributed by atoms with Crippen molar-refractivity contribution in [2.45, 2.75) is 13.0 Å². The first-order valence-electron chi connectivity index (χ1n) is 6.17. The molecule has 0 bridgehead atoms. The van der Waals surface area contributed by atoms with E-state index in [0.29, 0.717) is 19.8 Å².